The fourth-order valence-electron chi connectivity index (χ4n) is 6.00. The Morgan fingerprint density at radius 3 is 2.83 bits per heavy atom. The maximum absolute atomic E-state index is 4.50. The SMILES string of the molecule is C[Si]c1cc(-c2cn(Cc3ccc4cc(CN5CCC6(CCC6)C5)[nH]c4c3)nn2)c2cn[nH]c2c1. The third-order valence-corrected chi connectivity index (χ3v) is 8.94. The van der Waals surface area contributed by atoms with E-state index < -0.39 is 0 Å². The van der Waals surface area contributed by atoms with Crippen LogP contribution in [0.5, 0.6) is 0 Å². The van der Waals surface area contributed by atoms with Gasteiger partial charge in [-0.25, -0.2) is 4.68 Å². The van der Waals surface area contributed by atoms with Gasteiger partial charge in [-0.2, -0.15) is 5.10 Å². The summed E-state index contributed by atoms with van der Waals surface area (Å²) in [6.07, 6.45) is 9.58. The van der Waals surface area contributed by atoms with Gasteiger partial charge in [0, 0.05) is 35.2 Å². The molecule has 2 radical (unpaired) electrons. The Kier molecular flexibility index (Phi) is 4.92. The van der Waals surface area contributed by atoms with Crippen LogP contribution < -0.4 is 5.19 Å². The van der Waals surface area contributed by atoms with Gasteiger partial charge in [-0.15, -0.1) is 5.10 Å². The van der Waals surface area contributed by atoms with Gasteiger partial charge in [0.2, 0.25) is 0 Å². The van der Waals surface area contributed by atoms with Crippen molar-refractivity contribution in [2.45, 2.75) is 45.3 Å². The van der Waals surface area contributed by atoms with Crippen LogP contribution in [0.25, 0.3) is 33.1 Å². The minimum atomic E-state index is 0.650. The topological polar surface area (TPSA) is 78.4 Å². The number of fused-ring (bicyclic) bond motifs is 2. The van der Waals surface area contributed by atoms with E-state index in [9.17, 15) is 0 Å². The highest BCUT2D eigenvalue weighted by atomic mass is 28.2. The van der Waals surface area contributed by atoms with Gasteiger partial charge in [0.1, 0.15) is 5.69 Å². The Hall–Kier alpha value is -3.23. The van der Waals surface area contributed by atoms with E-state index in [2.05, 4.69) is 73.3 Å². The molecule has 8 heteroatoms. The second-order valence-electron chi connectivity index (χ2n) is 10.4. The van der Waals surface area contributed by atoms with E-state index >= 15 is 0 Å². The zero-order valence-corrected chi connectivity index (χ0v) is 21.0. The van der Waals surface area contributed by atoms with E-state index in [1.807, 2.05) is 17.1 Å². The van der Waals surface area contributed by atoms with Gasteiger partial charge in [-0.05, 0) is 60.4 Å². The smallest absolute Gasteiger partial charge is 0.113 e. The number of likely N-dealkylation sites (tertiary alicyclic amines) is 1. The lowest BCUT2D eigenvalue weighted by molar-refractivity contribution is 0.137. The second-order valence-corrected chi connectivity index (χ2v) is 11.5. The Bertz CT molecular complexity index is 1520. The number of nitrogens with one attached hydrogen (secondary N) is 2. The number of rotatable bonds is 6. The standard InChI is InChI=1S/C27H29N7Si/c1-35-21-11-22(23-13-28-30-25(23)12-21)26-16-34(32-31-26)14-18-3-4-19-10-20(29-24(19)9-18)15-33-8-7-27(17-33)5-2-6-27/h3-4,9-13,16,29H,2,5-8,14-15,17H2,1H3,(H,28,30). The van der Waals surface area contributed by atoms with E-state index in [4.69, 9.17) is 0 Å². The molecule has 2 N–H and O–H groups in total. The van der Waals surface area contributed by atoms with E-state index in [1.54, 1.807) is 0 Å². The molecule has 0 amide bonds. The molecule has 176 valence electrons. The van der Waals surface area contributed by atoms with Gasteiger partial charge in [0.05, 0.1) is 34.0 Å². The van der Waals surface area contributed by atoms with Gasteiger partial charge >= 0.3 is 0 Å². The Morgan fingerprint density at radius 1 is 1.06 bits per heavy atom. The van der Waals surface area contributed by atoms with Crippen molar-refractivity contribution in [3.63, 3.8) is 0 Å². The number of hydrogen-bond donors (Lipinski definition) is 2. The molecular weight excluding hydrogens is 450 g/mol. The Balaban J connectivity index is 1.10. The third-order valence-electron chi connectivity index (χ3n) is 8.07. The third kappa shape index (κ3) is 3.81. The van der Waals surface area contributed by atoms with Crippen LogP contribution in [-0.4, -0.2) is 57.7 Å². The molecule has 1 aliphatic heterocycles. The van der Waals surface area contributed by atoms with Crippen molar-refractivity contribution in [2.75, 3.05) is 13.1 Å². The Morgan fingerprint density at radius 2 is 2.00 bits per heavy atom. The number of hydrogen-bond acceptors (Lipinski definition) is 4. The van der Waals surface area contributed by atoms with E-state index in [0.717, 1.165) is 28.7 Å². The van der Waals surface area contributed by atoms with Crippen LogP contribution in [0.4, 0.5) is 0 Å². The highest BCUT2D eigenvalue weighted by Crippen LogP contribution is 2.48. The van der Waals surface area contributed by atoms with Crippen LogP contribution >= 0.6 is 0 Å². The molecule has 0 bridgehead atoms. The molecule has 0 unspecified atom stereocenters. The number of aromatic amines is 2. The maximum Gasteiger partial charge on any atom is 0.113 e. The molecule has 1 aliphatic carbocycles. The lowest BCUT2D eigenvalue weighted by Gasteiger charge is -2.38. The zero-order chi connectivity index (χ0) is 23.4. The number of nitrogens with zero attached hydrogens (tertiary/aromatic N) is 5. The molecule has 2 fully saturated rings. The molecule has 3 aromatic heterocycles. The summed E-state index contributed by atoms with van der Waals surface area (Å²) in [6.45, 7) is 6.42. The molecule has 1 saturated carbocycles. The molecule has 7 rings (SSSR count). The van der Waals surface area contributed by atoms with E-state index in [0.29, 0.717) is 21.5 Å². The highest BCUT2D eigenvalue weighted by Gasteiger charge is 2.42. The first-order chi connectivity index (χ1) is 17.2. The normalized spacial score (nSPS) is 17.6. The van der Waals surface area contributed by atoms with Crippen LogP contribution in [0.3, 0.4) is 0 Å². The summed E-state index contributed by atoms with van der Waals surface area (Å²) in [7, 11) is 0.716. The lowest BCUT2D eigenvalue weighted by Crippen LogP contribution is -2.32. The molecule has 35 heavy (non-hydrogen) atoms. The van der Waals surface area contributed by atoms with Crippen LogP contribution in [0.15, 0.2) is 48.8 Å². The molecule has 1 saturated heterocycles. The quantitative estimate of drug-likeness (QED) is 0.359. The van der Waals surface area contributed by atoms with Crippen molar-refractivity contribution in [1.82, 2.24) is 35.1 Å². The second kappa shape index (κ2) is 8.17. The van der Waals surface area contributed by atoms with Gasteiger partial charge in [0.15, 0.2) is 0 Å². The first-order valence-corrected chi connectivity index (χ1v) is 14.0. The van der Waals surface area contributed by atoms with Crippen LogP contribution in [0.2, 0.25) is 6.55 Å². The monoisotopic (exact) mass is 479 g/mol. The summed E-state index contributed by atoms with van der Waals surface area (Å²) in [6, 6.07) is 13.4. The lowest BCUT2D eigenvalue weighted by atomic mass is 9.68. The molecule has 2 aromatic carbocycles. The average Bonchev–Trinajstić information content (AvgIpc) is 3.63. The van der Waals surface area contributed by atoms with Gasteiger partial charge in [-0.3, -0.25) is 10.00 Å². The molecule has 2 aliphatic rings. The number of H-pyrrole nitrogens is 2. The maximum atomic E-state index is 4.50. The van der Waals surface area contributed by atoms with Crippen LogP contribution in [-0.2, 0) is 13.1 Å². The summed E-state index contributed by atoms with van der Waals surface area (Å²) in [5.41, 5.74) is 7.40. The van der Waals surface area contributed by atoms with E-state index in [-0.39, 0.29) is 0 Å². The van der Waals surface area contributed by atoms with Crippen molar-refractivity contribution in [1.29, 1.82) is 0 Å². The van der Waals surface area contributed by atoms with E-state index in [1.165, 1.54) is 66.1 Å². The molecule has 0 atom stereocenters. The summed E-state index contributed by atoms with van der Waals surface area (Å²) in [4.78, 5) is 6.31. The summed E-state index contributed by atoms with van der Waals surface area (Å²) in [5.74, 6) is 0. The average molecular weight is 480 g/mol. The summed E-state index contributed by atoms with van der Waals surface area (Å²) in [5, 5.41) is 19.9. The van der Waals surface area contributed by atoms with Crippen molar-refractivity contribution >= 4 is 36.5 Å². The van der Waals surface area contributed by atoms with Gasteiger partial charge < -0.3 is 4.98 Å². The van der Waals surface area contributed by atoms with Gasteiger partial charge in [-0.1, -0.05) is 41.6 Å². The molecule has 1 spiro atoms. The fourth-order valence-corrected chi connectivity index (χ4v) is 6.58. The minimum Gasteiger partial charge on any atom is -0.357 e. The first kappa shape index (κ1) is 21.1. The number of benzene rings is 2. The zero-order valence-electron chi connectivity index (χ0n) is 20.0. The predicted molar refractivity (Wildman–Crippen MR) is 140 cm³/mol. The van der Waals surface area contributed by atoms with Crippen molar-refractivity contribution in [2.24, 2.45) is 5.41 Å². The summed E-state index contributed by atoms with van der Waals surface area (Å²) >= 11 is 0. The molecular formula is C27H29N7Si. The highest BCUT2D eigenvalue weighted by molar-refractivity contribution is 6.52. The molecule has 5 aromatic rings. The number of aromatic nitrogens is 6. The molecule has 7 nitrogen and oxygen atoms in total. The minimum absolute atomic E-state index is 0.650. The van der Waals surface area contributed by atoms with Gasteiger partial charge in [0.25, 0.3) is 0 Å². The van der Waals surface area contributed by atoms with Crippen molar-refractivity contribution in [3.8, 4) is 11.3 Å². The van der Waals surface area contributed by atoms with Crippen LogP contribution in [0, 0.1) is 5.41 Å². The molecule has 4 heterocycles. The fraction of sp³-hybridized carbons (Fsp3) is 0.370. The van der Waals surface area contributed by atoms with Crippen LogP contribution in [0.1, 0.15) is 36.9 Å². The predicted octanol–water partition coefficient (Wildman–Crippen LogP) is 4.10. The summed E-state index contributed by atoms with van der Waals surface area (Å²) < 4.78 is 1.93. The largest absolute Gasteiger partial charge is 0.357 e. The van der Waals surface area contributed by atoms with Crippen molar-refractivity contribution in [3.05, 3.63) is 60.0 Å². The van der Waals surface area contributed by atoms with Crippen molar-refractivity contribution < 1.29 is 0 Å². The Labute approximate surface area is 206 Å². The first-order valence-electron chi connectivity index (χ1n) is 12.5.